The van der Waals surface area contributed by atoms with Gasteiger partial charge >= 0.3 is 0 Å². The van der Waals surface area contributed by atoms with Crippen LogP contribution in [0.15, 0.2) is 21.6 Å². The SMILES string of the molecule is Brc1cc2c(cc1CC1=NCCO1)OCO2. The van der Waals surface area contributed by atoms with Crippen LogP contribution >= 0.6 is 15.9 Å². The minimum atomic E-state index is 0.294. The highest BCUT2D eigenvalue weighted by Crippen LogP contribution is 2.37. The summed E-state index contributed by atoms with van der Waals surface area (Å²) in [7, 11) is 0. The van der Waals surface area contributed by atoms with Crippen LogP contribution in [0.1, 0.15) is 5.56 Å². The lowest BCUT2D eigenvalue weighted by Gasteiger charge is -2.06. The Balaban J connectivity index is 1.89. The van der Waals surface area contributed by atoms with Gasteiger partial charge in [0.25, 0.3) is 0 Å². The van der Waals surface area contributed by atoms with E-state index < -0.39 is 0 Å². The Morgan fingerprint density at radius 1 is 1.19 bits per heavy atom. The number of hydrogen-bond acceptors (Lipinski definition) is 4. The lowest BCUT2D eigenvalue weighted by atomic mass is 10.1. The summed E-state index contributed by atoms with van der Waals surface area (Å²) in [5, 5.41) is 0. The number of nitrogens with zero attached hydrogens (tertiary/aromatic N) is 1. The molecule has 0 unspecified atom stereocenters. The van der Waals surface area contributed by atoms with Crippen LogP contribution in [0.25, 0.3) is 0 Å². The average Bonchev–Trinajstić information content (AvgIpc) is 2.89. The number of halogens is 1. The van der Waals surface area contributed by atoms with Gasteiger partial charge in [0.2, 0.25) is 6.79 Å². The molecule has 2 aliphatic heterocycles. The summed E-state index contributed by atoms with van der Waals surface area (Å²) in [5.41, 5.74) is 1.10. The van der Waals surface area contributed by atoms with Gasteiger partial charge in [0, 0.05) is 10.9 Å². The molecule has 0 N–H and O–H groups in total. The Labute approximate surface area is 101 Å². The van der Waals surface area contributed by atoms with E-state index in [1.807, 2.05) is 12.1 Å². The predicted octanol–water partition coefficient (Wildman–Crippen LogP) is 2.15. The fraction of sp³-hybridized carbons (Fsp3) is 0.364. The molecule has 1 aromatic rings. The van der Waals surface area contributed by atoms with Crippen LogP contribution in [0.4, 0.5) is 0 Å². The number of benzene rings is 1. The van der Waals surface area contributed by atoms with Crippen molar-refractivity contribution in [3.05, 3.63) is 22.2 Å². The van der Waals surface area contributed by atoms with Gasteiger partial charge in [-0.25, -0.2) is 0 Å². The summed E-state index contributed by atoms with van der Waals surface area (Å²) < 4.78 is 17.0. The second-order valence-corrected chi connectivity index (χ2v) is 4.45. The Morgan fingerprint density at radius 3 is 2.75 bits per heavy atom. The van der Waals surface area contributed by atoms with Gasteiger partial charge in [-0.1, -0.05) is 15.9 Å². The van der Waals surface area contributed by atoms with Crippen molar-refractivity contribution in [2.75, 3.05) is 19.9 Å². The smallest absolute Gasteiger partial charge is 0.231 e. The van der Waals surface area contributed by atoms with Crippen LogP contribution in [-0.4, -0.2) is 25.8 Å². The molecule has 0 aromatic heterocycles. The zero-order valence-corrected chi connectivity index (χ0v) is 10.1. The third kappa shape index (κ3) is 1.75. The summed E-state index contributed by atoms with van der Waals surface area (Å²) in [5.74, 6) is 2.36. The first-order valence-corrected chi connectivity index (χ1v) is 5.86. The summed E-state index contributed by atoms with van der Waals surface area (Å²) in [6, 6.07) is 3.89. The number of aliphatic imine (C=N–C) groups is 1. The molecule has 4 nitrogen and oxygen atoms in total. The lowest BCUT2D eigenvalue weighted by Crippen LogP contribution is -2.03. The van der Waals surface area contributed by atoms with Crippen molar-refractivity contribution in [3.8, 4) is 11.5 Å². The zero-order valence-electron chi connectivity index (χ0n) is 8.53. The molecule has 2 aliphatic rings. The van der Waals surface area contributed by atoms with Gasteiger partial charge < -0.3 is 14.2 Å². The molecule has 0 atom stereocenters. The van der Waals surface area contributed by atoms with Crippen molar-refractivity contribution >= 4 is 21.8 Å². The van der Waals surface area contributed by atoms with E-state index in [-0.39, 0.29) is 0 Å². The molecular formula is C11H10BrNO3. The molecule has 0 aliphatic carbocycles. The molecule has 1 aromatic carbocycles. The minimum Gasteiger partial charge on any atom is -0.479 e. The number of ether oxygens (including phenoxy) is 3. The van der Waals surface area contributed by atoms with Crippen molar-refractivity contribution in [1.29, 1.82) is 0 Å². The van der Waals surface area contributed by atoms with Crippen molar-refractivity contribution in [3.63, 3.8) is 0 Å². The molecule has 0 spiro atoms. The van der Waals surface area contributed by atoms with E-state index in [1.54, 1.807) is 0 Å². The van der Waals surface area contributed by atoms with Crippen LogP contribution in [0, 0.1) is 0 Å². The predicted molar refractivity (Wildman–Crippen MR) is 62.2 cm³/mol. The molecule has 0 saturated carbocycles. The van der Waals surface area contributed by atoms with Gasteiger partial charge in [-0.3, -0.25) is 4.99 Å². The molecule has 0 amide bonds. The molecule has 0 bridgehead atoms. The standard InChI is InChI=1S/C11H10BrNO3/c12-8-5-10-9(15-6-16-10)3-7(8)4-11-13-1-2-14-11/h3,5H,1-2,4,6H2. The van der Waals surface area contributed by atoms with Crippen LogP contribution in [0.2, 0.25) is 0 Å². The molecule has 2 heterocycles. The van der Waals surface area contributed by atoms with Crippen LogP contribution in [-0.2, 0) is 11.2 Å². The Hall–Kier alpha value is -1.23. The fourth-order valence-corrected chi connectivity index (χ4v) is 2.21. The quantitative estimate of drug-likeness (QED) is 0.835. The van der Waals surface area contributed by atoms with Gasteiger partial charge in [0.1, 0.15) is 6.61 Å². The number of fused-ring (bicyclic) bond motifs is 1. The second kappa shape index (κ2) is 3.97. The van der Waals surface area contributed by atoms with Crippen LogP contribution < -0.4 is 9.47 Å². The lowest BCUT2D eigenvalue weighted by molar-refractivity contribution is 0.174. The third-order valence-corrected chi connectivity index (χ3v) is 3.27. The van der Waals surface area contributed by atoms with Crippen LogP contribution in [0.3, 0.4) is 0 Å². The van der Waals surface area contributed by atoms with Crippen molar-refractivity contribution in [2.45, 2.75) is 6.42 Å². The molecule has 16 heavy (non-hydrogen) atoms. The highest BCUT2D eigenvalue weighted by atomic mass is 79.9. The molecule has 0 saturated heterocycles. The van der Waals surface area contributed by atoms with Gasteiger partial charge in [-0.05, 0) is 17.7 Å². The van der Waals surface area contributed by atoms with E-state index in [4.69, 9.17) is 14.2 Å². The van der Waals surface area contributed by atoms with Gasteiger partial charge in [-0.15, -0.1) is 0 Å². The van der Waals surface area contributed by atoms with E-state index in [0.29, 0.717) is 19.8 Å². The molecule has 5 heteroatoms. The first kappa shape index (κ1) is 9.96. The Bertz CT molecular complexity index is 459. The highest BCUT2D eigenvalue weighted by Gasteiger charge is 2.18. The van der Waals surface area contributed by atoms with E-state index in [0.717, 1.165) is 34.0 Å². The topological polar surface area (TPSA) is 40.0 Å². The average molecular weight is 284 g/mol. The number of hydrogen-bond donors (Lipinski definition) is 0. The highest BCUT2D eigenvalue weighted by molar-refractivity contribution is 9.10. The van der Waals surface area contributed by atoms with Crippen LogP contribution in [0.5, 0.6) is 11.5 Å². The van der Waals surface area contributed by atoms with Crippen molar-refractivity contribution in [2.24, 2.45) is 4.99 Å². The molecule has 84 valence electrons. The summed E-state index contributed by atoms with van der Waals surface area (Å²) in [4.78, 5) is 4.27. The summed E-state index contributed by atoms with van der Waals surface area (Å²) >= 11 is 3.51. The van der Waals surface area contributed by atoms with Crippen molar-refractivity contribution in [1.82, 2.24) is 0 Å². The van der Waals surface area contributed by atoms with E-state index in [2.05, 4.69) is 20.9 Å². The summed E-state index contributed by atoms with van der Waals surface area (Å²) in [6.45, 7) is 1.75. The maximum atomic E-state index is 5.39. The molecule has 0 fully saturated rings. The van der Waals surface area contributed by atoms with E-state index >= 15 is 0 Å². The Morgan fingerprint density at radius 2 is 2.00 bits per heavy atom. The first-order chi connectivity index (χ1) is 7.83. The van der Waals surface area contributed by atoms with Gasteiger partial charge in [-0.2, -0.15) is 0 Å². The van der Waals surface area contributed by atoms with Crippen molar-refractivity contribution < 1.29 is 14.2 Å². The maximum absolute atomic E-state index is 5.39. The van der Waals surface area contributed by atoms with E-state index in [9.17, 15) is 0 Å². The third-order valence-electron chi connectivity index (χ3n) is 2.53. The largest absolute Gasteiger partial charge is 0.479 e. The fourth-order valence-electron chi connectivity index (χ4n) is 1.74. The molecule has 0 radical (unpaired) electrons. The molecule has 3 rings (SSSR count). The summed E-state index contributed by atoms with van der Waals surface area (Å²) in [6.07, 6.45) is 0.692. The normalized spacial score (nSPS) is 17.2. The minimum absolute atomic E-state index is 0.294. The zero-order chi connectivity index (χ0) is 11.0. The van der Waals surface area contributed by atoms with Gasteiger partial charge in [0.15, 0.2) is 17.4 Å². The van der Waals surface area contributed by atoms with Gasteiger partial charge in [0.05, 0.1) is 6.54 Å². The van der Waals surface area contributed by atoms with E-state index in [1.165, 1.54) is 0 Å². The number of rotatable bonds is 2. The first-order valence-electron chi connectivity index (χ1n) is 5.07. The maximum Gasteiger partial charge on any atom is 0.231 e. The second-order valence-electron chi connectivity index (χ2n) is 3.60. The Kier molecular flexibility index (Phi) is 2.47. The molecular weight excluding hydrogens is 274 g/mol. The monoisotopic (exact) mass is 283 g/mol.